The summed E-state index contributed by atoms with van der Waals surface area (Å²) in [6, 6.07) is 5.85. The van der Waals surface area contributed by atoms with Crippen LogP contribution in [-0.4, -0.2) is 11.7 Å². The Morgan fingerprint density at radius 2 is 2.20 bits per heavy atom. The van der Waals surface area contributed by atoms with Crippen LogP contribution in [0, 0.1) is 6.92 Å². The van der Waals surface area contributed by atoms with Gasteiger partial charge in [0.05, 0.1) is 0 Å². The van der Waals surface area contributed by atoms with Gasteiger partial charge in [0, 0.05) is 18.0 Å². The van der Waals surface area contributed by atoms with Gasteiger partial charge in [-0.15, -0.1) is 0 Å². The van der Waals surface area contributed by atoms with Crippen LogP contribution < -0.4 is 21.5 Å². The van der Waals surface area contributed by atoms with Crippen LogP contribution in [0.25, 0.3) is 10.2 Å². The van der Waals surface area contributed by atoms with Crippen molar-refractivity contribution >= 4 is 33.2 Å². The summed E-state index contributed by atoms with van der Waals surface area (Å²) >= 11 is 7.65. The van der Waals surface area contributed by atoms with Crippen LogP contribution in [0.3, 0.4) is 0 Å². The maximum Gasteiger partial charge on any atom is 0.235 e. The largest absolute Gasteiger partial charge is 1.00 e. The zero-order valence-corrected chi connectivity index (χ0v) is 11.4. The van der Waals surface area contributed by atoms with Crippen molar-refractivity contribution in [2.24, 2.45) is 0 Å². The Hall–Kier alpha value is -0.160. The van der Waals surface area contributed by atoms with Crippen molar-refractivity contribution in [1.82, 2.24) is 0 Å². The molecule has 2 nitrogen and oxygen atoms in total. The highest BCUT2D eigenvalue weighted by molar-refractivity contribution is 7.18. The summed E-state index contributed by atoms with van der Waals surface area (Å²) in [6.07, 6.45) is 0. The second-order valence-corrected chi connectivity index (χ2v) is 4.78. The maximum absolute atomic E-state index is 8.94. The summed E-state index contributed by atoms with van der Waals surface area (Å²) in [5, 5.41) is 10.9. The van der Waals surface area contributed by atoms with Gasteiger partial charge in [-0.3, -0.25) is 0 Å². The number of aliphatic hydroxyl groups is 1. The second kappa shape index (κ2) is 5.25. The highest BCUT2D eigenvalue weighted by atomic mass is 79.9. The smallest absolute Gasteiger partial charge is 0.235 e. The molecule has 0 atom stereocenters. The third-order valence-electron chi connectivity index (χ3n) is 2.17. The van der Waals surface area contributed by atoms with E-state index in [9.17, 15) is 0 Å². The molecule has 0 aliphatic carbocycles. The molecule has 0 spiro atoms. The molecule has 82 valence electrons. The van der Waals surface area contributed by atoms with E-state index < -0.39 is 0 Å². The predicted octanol–water partition coefficient (Wildman–Crippen LogP) is -0.853. The van der Waals surface area contributed by atoms with E-state index in [1.54, 1.807) is 11.3 Å². The van der Waals surface area contributed by atoms with E-state index in [4.69, 9.17) is 16.7 Å². The van der Waals surface area contributed by atoms with E-state index in [2.05, 4.69) is 4.57 Å². The molecule has 2 rings (SSSR count). The number of nitrogens with zero attached hydrogens (tertiary/aromatic N) is 1. The molecule has 2 aromatic rings. The third-order valence-corrected chi connectivity index (χ3v) is 3.49. The number of aryl methyl sites for hydroxylation is 1. The minimum Gasteiger partial charge on any atom is -1.00 e. The molecule has 0 radical (unpaired) electrons. The Labute approximate surface area is 108 Å². The number of thiazole rings is 1. The van der Waals surface area contributed by atoms with Gasteiger partial charge in [0.2, 0.25) is 10.5 Å². The van der Waals surface area contributed by atoms with Crippen LogP contribution in [0.2, 0.25) is 5.02 Å². The van der Waals surface area contributed by atoms with Gasteiger partial charge in [-0.25, -0.2) is 0 Å². The van der Waals surface area contributed by atoms with Crippen LogP contribution in [0.4, 0.5) is 0 Å². The summed E-state index contributed by atoms with van der Waals surface area (Å²) in [7, 11) is 0. The fraction of sp³-hybridized carbons (Fsp3) is 0.300. The summed E-state index contributed by atoms with van der Waals surface area (Å²) in [6.45, 7) is 2.84. The lowest BCUT2D eigenvalue weighted by Crippen LogP contribution is -3.00. The first-order valence-corrected chi connectivity index (χ1v) is 5.61. The van der Waals surface area contributed by atoms with Gasteiger partial charge >= 0.3 is 0 Å². The monoisotopic (exact) mass is 307 g/mol. The third kappa shape index (κ3) is 2.50. The fourth-order valence-corrected chi connectivity index (χ4v) is 2.74. The predicted molar refractivity (Wildman–Crippen MR) is 58.9 cm³/mol. The molecule has 0 aliphatic rings. The van der Waals surface area contributed by atoms with Crippen molar-refractivity contribution in [3.63, 3.8) is 0 Å². The van der Waals surface area contributed by atoms with Crippen LogP contribution in [0.15, 0.2) is 18.2 Å². The van der Waals surface area contributed by atoms with Gasteiger partial charge in [0.25, 0.3) is 0 Å². The number of rotatable bonds is 2. The van der Waals surface area contributed by atoms with Crippen LogP contribution in [-0.2, 0) is 6.54 Å². The zero-order valence-electron chi connectivity index (χ0n) is 8.20. The Bertz CT molecular complexity index is 472. The molecule has 0 bridgehead atoms. The van der Waals surface area contributed by atoms with E-state index >= 15 is 0 Å². The van der Waals surface area contributed by atoms with E-state index in [0.717, 1.165) is 10.5 Å². The van der Waals surface area contributed by atoms with Crippen molar-refractivity contribution in [1.29, 1.82) is 0 Å². The summed E-state index contributed by atoms with van der Waals surface area (Å²) in [4.78, 5) is 0. The van der Waals surface area contributed by atoms with E-state index in [-0.39, 0.29) is 23.6 Å². The topological polar surface area (TPSA) is 24.1 Å². The number of halogens is 2. The highest BCUT2D eigenvalue weighted by Gasteiger charge is 2.16. The first-order chi connectivity index (χ1) is 6.72. The average molecular weight is 309 g/mol. The number of hydrogen-bond donors (Lipinski definition) is 1. The molecule has 15 heavy (non-hydrogen) atoms. The number of aliphatic hydroxyl groups excluding tert-OH is 1. The molecular weight excluding hydrogens is 298 g/mol. The number of hydrogen-bond acceptors (Lipinski definition) is 2. The molecule has 0 amide bonds. The fourth-order valence-electron chi connectivity index (χ4n) is 1.55. The molecular formula is C10H11BrClNOS. The molecule has 1 heterocycles. The first kappa shape index (κ1) is 12.9. The van der Waals surface area contributed by atoms with Crippen molar-refractivity contribution < 1.29 is 26.7 Å². The van der Waals surface area contributed by atoms with Gasteiger partial charge < -0.3 is 22.1 Å². The van der Waals surface area contributed by atoms with Crippen LogP contribution >= 0.6 is 22.9 Å². The van der Waals surface area contributed by atoms with Crippen molar-refractivity contribution in [2.45, 2.75) is 13.5 Å². The quantitative estimate of drug-likeness (QED) is 0.718. The van der Waals surface area contributed by atoms with Gasteiger partial charge in [-0.2, -0.15) is 4.57 Å². The van der Waals surface area contributed by atoms with Crippen LogP contribution in [0.5, 0.6) is 0 Å². The average Bonchev–Trinajstić information content (AvgIpc) is 2.45. The molecule has 5 heteroatoms. The lowest BCUT2D eigenvalue weighted by molar-refractivity contribution is -0.674. The molecule has 1 aromatic carbocycles. The SMILES string of the molecule is Cc1sc2ccc(Cl)cc2[n+]1CCO.[Br-]. The normalized spacial score (nSPS) is 10.3. The lowest BCUT2D eigenvalue weighted by atomic mass is 10.3. The number of benzene rings is 1. The Balaban J connectivity index is 0.00000112. The van der Waals surface area contributed by atoms with Crippen LogP contribution in [0.1, 0.15) is 5.01 Å². The molecule has 1 N–H and O–H groups in total. The lowest BCUT2D eigenvalue weighted by Gasteiger charge is -1.93. The maximum atomic E-state index is 8.94. The van der Waals surface area contributed by atoms with Crippen molar-refractivity contribution in [2.75, 3.05) is 6.61 Å². The number of aromatic nitrogens is 1. The minimum atomic E-state index is 0. The van der Waals surface area contributed by atoms with Crippen molar-refractivity contribution in [3.8, 4) is 0 Å². The first-order valence-electron chi connectivity index (χ1n) is 4.41. The molecule has 1 aromatic heterocycles. The van der Waals surface area contributed by atoms with Crippen molar-refractivity contribution in [3.05, 3.63) is 28.2 Å². The Morgan fingerprint density at radius 3 is 2.87 bits per heavy atom. The summed E-state index contributed by atoms with van der Waals surface area (Å²) < 4.78 is 3.30. The van der Waals surface area contributed by atoms with E-state index in [0.29, 0.717) is 6.54 Å². The minimum absolute atomic E-state index is 0. The van der Waals surface area contributed by atoms with Gasteiger partial charge in [-0.05, 0) is 12.1 Å². The molecule has 0 saturated heterocycles. The summed E-state index contributed by atoms with van der Waals surface area (Å²) in [5.74, 6) is 0. The van der Waals surface area contributed by atoms with E-state index in [1.165, 1.54) is 9.71 Å². The second-order valence-electron chi connectivity index (χ2n) is 3.11. The van der Waals surface area contributed by atoms with Gasteiger partial charge in [-0.1, -0.05) is 22.9 Å². The highest BCUT2D eigenvalue weighted by Crippen LogP contribution is 2.22. The van der Waals surface area contributed by atoms with Gasteiger partial charge in [0.1, 0.15) is 11.3 Å². The molecule has 0 unspecified atom stereocenters. The van der Waals surface area contributed by atoms with Gasteiger partial charge in [0.15, 0.2) is 6.54 Å². The molecule has 0 fully saturated rings. The van der Waals surface area contributed by atoms with E-state index in [1.807, 2.05) is 25.1 Å². The molecule has 0 aliphatic heterocycles. The summed E-state index contributed by atoms with van der Waals surface area (Å²) in [5.41, 5.74) is 1.11. The Morgan fingerprint density at radius 1 is 1.47 bits per heavy atom. The Kier molecular flexibility index (Phi) is 4.52. The standard InChI is InChI=1S/C10H11ClNOS.BrH/c1-7-12(4-5-13)9-6-8(11)2-3-10(9)14-7;/h2-3,6,13H,4-5H2,1H3;1H/q+1;/p-1. The zero-order chi connectivity index (χ0) is 10.1. The molecule has 0 saturated carbocycles. The number of fused-ring (bicyclic) bond motifs is 1.